The molecule has 40 heavy (non-hydrogen) atoms. The molecule has 3 N–H and O–H groups in total. The highest BCUT2D eigenvalue weighted by molar-refractivity contribution is 5.85. The zero-order valence-corrected chi connectivity index (χ0v) is 22.1. The fraction of sp³-hybridized carbons (Fsp3) is 0.290. The number of aromatic nitrogens is 4. The molecule has 3 aromatic heterocycles. The van der Waals surface area contributed by atoms with Crippen molar-refractivity contribution in [3.63, 3.8) is 0 Å². The second-order valence-corrected chi connectivity index (χ2v) is 10.6. The summed E-state index contributed by atoms with van der Waals surface area (Å²) in [6.45, 7) is 4.11. The van der Waals surface area contributed by atoms with Crippen LogP contribution in [0.25, 0.3) is 33.3 Å². The van der Waals surface area contributed by atoms with Gasteiger partial charge in [0.15, 0.2) is 0 Å². The van der Waals surface area contributed by atoms with Gasteiger partial charge in [0.05, 0.1) is 42.6 Å². The maximum atomic E-state index is 9.65. The highest BCUT2D eigenvalue weighted by Crippen LogP contribution is 2.36. The average Bonchev–Trinajstić information content (AvgIpc) is 3.49. The number of aromatic amines is 1. The largest absolute Gasteiger partial charge is 0.403 e. The normalized spacial score (nSPS) is 21.1. The van der Waals surface area contributed by atoms with Crippen LogP contribution in [0.1, 0.15) is 29.7 Å². The number of nitriles is 1. The van der Waals surface area contributed by atoms with E-state index in [4.69, 9.17) is 20.4 Å². The van der Waals surface area contributed by atoms with Gasteiger partial charge in [0.25, 0.3) is 0 Å². The predicted octanol–water partition coefficient (Wildman–Crippen LogP) is 4.11. The Morgan fingerprint density at radius 1 is 1.12 bits per heavy atom. The van der Waals surface area contributed by atoms with Crippen LogP contribution in [0.15, 0.2) is 67.4 Å². The Hall–Kier alpha value is -4.52. The predicted molar refractivity (Wildman–Crippen MR) is 155 cm³/mol. The molecule has 2 unspecified atom stereocenters. The van der Waals surface area contributed by atoms with Gasteiger partial charge in [0, 0.05) is 61.4 Å². The number of nitrogens with two attached hydrogens (primary N) is 1. The lowest BCUT2D eigenvalue weighted by molar-refractivity contribution is -0.00867. The minimum absolute atomic E-state index is 0.306. The summed E-state index contributed by atoms with van der Waals surface area (Å²) >= 11 is 0. The lowest BCUT2D eigenvalue weighted by Gasteiger charge is -2.56. The molecule has 9 heteroatoms. The molecule has 4 aliphatic heterocycles. The van der Waals surface area contributed by atoms with Crippen LogP contribution in [0.5, 0.6) is 0 Å². The van der Waals surface area contributed by atoms with Gasteiger partial charge in [-0.05, 0) is 59.2 Å². The van der Waals surface area contributed by atoms with Crippen LogP contribution < -0.4 is 10.6 Å². The fourth-order valence-corrected chi connectivity index (χ4v) is 6.18. The quantitative estimate of drug-likeness (QED) is 0.358. The van der Waals surface area contributed by atoms with Crippen molar-refractivity contribution in [2.45, 2.75) is 31.5 Å². The number of ether oxygens (including phenoxy) is 1. The number of allylic oxidation sites excluding steroid dienone is 1. The summed E-state index contributed by atoms with van der Waals surface area (Å²) in [7, 11) is 0. The molecular weight excluding hydrogens is 500 g/mol. The van der Waals surface area contributed by atoms with Gasteiger partial charge in [0.1, 0.15) is 11.9 Å². The van der Waals surface area contributed by atoms with Crippen molar-refractivity contribution in [2.75, 3.05) is 31.2 Å². The first-order valence-electron chi connectivity index (χ1n) is 13.7. The third kappa shape index (κ3) is 4.41. The Labute approximate surface area is 232 Å². The van der Waals surface area contributed by atoms with E-state index in [1.54, 1.807) is 12.4 Å². The van der Waals surface area contributed by atoms with Crippen molar-refractivity contribution in [2.24, 2.45) is 5.73 Å². The van der Waals surface area contributed by atoms with Crippen molar-refractivity contribution in [3.05, 3.63) is 84.2 Å². The molecule has 4 aliphatic rings. The highest BCUT2D eigenvalue weighted by Gasteiger charge is 2.44. The summed E-state index contributed by atoms with van der Waals surface area (Å²) in [6, 6.07) is 14.0. The number of piperidine rings is 1. The van der Waals surface area contributed by atoms with E-state index in [1.165, 1.54) is 34.7 Å². The fourth-order valence-electron chi connectivity index (χ4n) is 6.18. The van der Waals surface area contributed by atoms with Gasteiger partial charge in [-0.25, -0.2) is 4.98 Å². The number of nitrogens with zero attached hydrogens (tertiary/aromatic N) is 6. The summed E-state index contributed by atoms with van der Waals surface area (Å²) in [4.78, 5) is 22.4. The standard InChI is InChI=1S/C31H30N8O/c32-12-24(13-33)31-27(10-23(14-37-31)21-4-7-40-8-5-21)29-15-36-30(16-35-29)38-18-25-11-26(19-38)39(25)17-20-1-2-28-22(9-20)3-6-34-28/h1-4,6,9-10,12,14-16,25-26,34H,5,7-8,11,17-19,32H2. The van der Waals surface area contributed by atoms with E-state index in [0.29, 0.717) is 42.3 Å². The maximum absolute atomic E-state index is 9.65. The summed E-state index contributed by atoms with van der Waals surface area (Å²) < 4.78 is 5.47. The minimum atomic E-state index is 0.306. The number of hydrogen-bond donors (Lipinski definition) is 2. The molecule has 3 fully saturated rings. The third-order valence-corrected chi connectivity index (χ3v) is 8.33. The van der Waals surface area contributed by atoms with Crippen LogP contribution in [-0.4, -0.2) is 63.2 Å². The molecule has 8 rings (SSSR count). The SMILES string of the molecule is N#CC(=CN)c1ncc(C2=CCOCC2)cc1-c1cnc(N2CC3CC(C2)N3Cc2ccc3[nH]ccc3c2)cn1. The van der Waals surface area contributed by atoms with E-state index in [1.807, 2.05) is 18.5 Å². The zero-order chi connectivity index (χ0) is 27.1. The van der Waals surface area contributed by atoms with Gasteiger partial charge in [-0.2, -0.15) is 5.26 Å². The van der Waals surface area contributed by atoms with Gasteiger partial charge in [-0.3, -0.25) is 14.9 Å². The van der Waals surface area contributed by atoms with Gasteiger partial charge < -0.3 is 20.4 Å². The van der Waals surface area contributed by atoms with E-state index in [0.717, 1.165) is 43.0 Å². The number of fused-ring (bicyclic) bond motifs is 3. The molecule has 1 aromatic carbocycles. The van der Waals surface area contributed by atoms with Crippen molar-refractivity contribution in [1.29, 1.82) is 5.26 Å². The minimum Gasteiger partial charge on any atom is -0.403 e. The molecule has 2 bridgehead atoms. The Kier molecular flexibility index (Phi) is 6.27. The van der Waals surface area contributed by atoms with Crippen molar-refractivity contribution in [1.82, 2.24) is 24.8 Å². The van der Waals surface area contributed by atoms with E-state index in [2.05, 4.69) is 56.2 Å². The van der Waals surface area contributed by atoms with E-state index in [9.17, 15) is 5.26 Å². The summed E-state index contributed by atoms with van der Waals surface area (Å²) in [5.41, 5.74) is 12.7. The first-order valence-corrected chi connectivity index (χ1v) is 13.7. The zero-order valence-electron chi connectivity index (χ0n) is 22.1. The molecule has 9 nitrogen and oxygen atoms in total. The molecule has 7 heterocycles. The summed E-state index contributed by atoms with van der Waals surface area (Å²) in [6.07, 6.45) is 12.8. The smallest absolute Gasteiger partial charge is 0.147 e. The average molecular weight is 531 g/mol. The van der Waals surface area contributed by atoms with Crippen LogP contribution in [0.3, 0.4) is 0 Å². The van der Waals surface area contributed by atoms with E-state index >= 15 is 0 Å². The van der Waals surface area contributed by atoms with Gasteiger partial charge in [-0.15, -0.1) is 0 Å². The monoisotopic (exact) mass is 530 g/mol. The number of hydrogen-bond acceptors (Lipinski definition) is 8. The topological polar surface area (TPSA) is 120 Å². The Morgan fingerprint density at radius 3 is 2.77 bits per heavy atom. The van der Waals surface area contributed by atoms with Crippen LogP contribution in [-0.2, 0) is 11.3 Å². The van der Waals surface area contributed by atoms with Crippen molar-refractivity contribution in [3.8, 4) is 17.3 Å². The van der Waals surface area contributed by atoms with Crippen LogP contribution in [0, 0.1) is 11.3 Å². The molecule has 4 aromatic rings. The summed E-state index contributed by atoms with van der Waals surface area (Å²) in [5, 5.41) is 10.9. The van der Waals surface area contributed by atoms with Crippen LogP contribution in [0.2, 0.25) is 0 Å². The highest BCUT2D eigenvalue weighted by atomic mass is 16.5. The lowest BCUT2D eigenvalue weighted by Crippen LogP contribution is -2.68. The third-order valence-electron chi connectivity index (χ3n) is 8.33. The molecule has 3 saturated heterocycles. The molecular formula is C31H30N8O. The Morgan fingerprint density at radius 2 is 2.02 bits per heavy atom. The number of benzene rings is 1. The number of H-pyrrole nitrogens is 1. The molecule has 0 aliphatic carbocycles. The van der Waals surface area contributed by atoms with Crippen molar-refractivity contribution < 1.29 is 4.74 Å². The number of piperazine rings is 1. The molecule has 0 saturated carbocycles. The van der Waals surface area contributed by atoms with Gasteiger partial charge >= 0.3 is 0 Å². The lowest BCUT2D eigenvalue weighted by atomic mass is 9.86. The number of pyridine rings is 1. The first kappa shape index (κ1) is 24.5. The number of rotatable bonds is 6. The second kappa shape index (κ2) is 10.2. The van der Waals surface area contributed by atoms with Crippen molar-refractivity contribution >= 4 is 27.9 Å². The van der Waals surface area contributed by atoms with Crippen LogP contribution >= 0.6 is 0 Å². The molecule has 200 valence electrons. The van der Waals surface area contributed by atoms with Gasteiger partial charge in [0.2, 0.25) is 0 Å². The maximum Gasteiger partial charge on any atom is 0.147 e. The number of anilines is 1. The Bertz CT molecular complexity index is 1650. The molecule has 0 amide bonds. The van der Waals surface area contributed by atoms with Gasteiger partial charge in [-0.1, -0.05) is 12.1 Å². The van der Waals surface area contributed by atoms with E-state index in [-0.39, 0.29) is 0 Å². The molecule has 2 atom stereocenters. The van der Waals surface area contributed by atoms with E-state index < -0.39 is 0 Å². The number of nitrogens with one attached hydrogen (secondary N) is 1. The molecule has 0 spiro atoms. The van der Waals surface area contributed by atoms with Crippen LogP contribution in [0.4, 0.5) is 5.82 Å². The molecule has 0 radical (unpaired) electrons. The summed E-state index contributed by atoms with van der Waals surface area (Å²) in [5.74, 6) is 0.875. The second-order valence-electron chi connectivity index (χ2n) is 10.6. The first-order chi connectivity index (χ1) is 19.7. The Balaban J connectivity index is 1.10.